The van der Waals surface area contributed by atoms with E-state index in [9.17, 15) is 18.4 Å². The molecule has 176 valence electrons. The van der Waals surface area contributed by atoms with Gasteiger partial charge in [-0.2, -0.15) is 0 Å². The van der Waals surface area contributed by atoms with Gasteiger partial charge in [0.2, 0.25) is 16.9 Å². The van der Waals surface area contributed by atoms with Crippen molar-refractivity contribution in [2.24, 2.45) is 0 Å². The molecule has 10 heteroatoms. The van der Waals surface area contributed by atoms with Gasteiger partial charge in [-0.25, -0.2) is 8.78 Å². The van der Waals surface area contributed by atoms with Crippen molar-refractivity contribution in [1.29, 1.82) is 0 Å². The van der Waals surface area contributed by atoms with Crippen molar-refractivity contribution >= 4 is 28.3 Å². The van der Waals surface area contributed by atoms with E-state index in [-0.39, 0.29) is 17.4 Å². The molecule has 2 rings (SSSR count). The van der Waals surface area contributed by atoms with Crippen LogP contribution >= 0.6 is 11.3 Å². The molecule has 1 aromatic carbocycles. The Bertz CT molecular complexity index is 899. The van der Waals surface area contributed by atoms with Crippen LogP contribution in [0.5, 0.6) is 0 Å². The summed E-state index contributed by atoms with van der Waals surface area (Å²) < 4.78 is 26.7. The molecule has 1 atom stereocenters. The molecule has 0 fully saturated rings. The molecule has 2 aromatic rings. The van der Waals surface area contributed by atoms with Crippen LogP contribution in [0.15, 0.2) is 18.2 Å². The molecule has 7 nitrogen and oxygen atoms in total. The Hall–Kier alpha value is -2.46. The van der Waals surface area contributed by atoms with Gasteiger partial charge in [-0.1, -0.05) is 45.5 Å². The lowest BCUT2D eigenvalue weighted by Gasteiger charge is -2.21. The summed E-state index contributed by atoms with van der Waals surface area (Å²) in [7, 11) is 0. The molecule has 0 spiro atoms. The minimum Gasteiger partial charge on any atom is -0.344 e. The molecule has 32 heavy (non-hydrogen) atoms. The van der Waals surface area contributed by atoms with Gasteiger partial charge in [0.25, 0.3) is 0 Å². The number of nitrogens with zero attached hydrogens (tertiary/aromatic N) is 2. The maximum Gasteiger partial charge on any atom is 0.248 e. The lowest BCUT2D eigenvalue weighted by molar-refractivity contribution is -0.126. The van der Waals surface area contributed by atoms with E-state index >= 15 is 0 Å². The fourth-order valence-electron chi connectivity index (χ4n) is 3.13. The number of carbonyl (C=O) groups is 2. The van der Waals surface area contributed by atoms with Gasteiger partial charge >= 0.3 is 0 Å². The van der Waals surface area contributed by atoms with Gasteiger partial charge in [-0.3, -0.25) is 14.9 Å². The van der Waals surface area contributed by atoms with Gasteiger partial charge in [0.05, 0.1) is 6.42 Å². The summed E-state index contributed by atoms with van der Waals surface area (Å²) in [5.41, 5.74) is 0.00398. The Labute approximate surface area is 191 Å². The van der Waals surface area contributed by atoms with Gasteiger partial charge < -0.3 is 10.6 Å². The Morgan fingerprint density at radius 2 is 1.81 bits per heavy atom. The fourth-order valence-corrected chi connectivity index (χ4v) is 4.00. The highest BCUT2D eigenvalue weighted by molar-refractivity contribution is 7.15. The van der Waals surface area contributed by atoms with Crippen LogP contribution in [-0.2, 0) is 21.4 Å². The highest BCUT2D eigenvalue weighted by Crippen LogP contribution is 2.31. The predicted octanol–water partition coefficient (Wildman–Crippen LogP) is 3.56. The molecule has 0 saturated carbocycles. The van der Waals surface area contributed by atoms with Crippen molar-refractivity contribution in [2.45, 2.75) is 64.8 Å². The van der Waals surface area contributed by atoms with Crippen LogP contribution in [0.4, 0.5) is 13.9 Å². The minimum absolute atomic E-state index is 0.194. The third-order valence-corrected chi connectivity index (χ3v) is 6.13. The average Bonchev–Trinajstić information content (AvgIpc) is 3.16. The number of carbonyl (C=O) groups excluding carboxylic acids is 2. The normalized spacial score (nSPS) is 12.4. The second-order valence-corrected chi connectivity index (χ2v) is 9.23. The zero-order valence-electron chi connectivity index (χ0n) is 18.9. The van der Waals surface area contributed by atoms with E-state index in [1.54, 1.807) is 0 Å². The SMILES string of the molecule is CCCC(NC(=O)Cc1cc(F)cc(F)c1)C(=O)Nc1nnc(C(C)(C)CCNCC)s1. The molecule has 0 saturated heterocycles. The van der Waals surface area contributed by atoms with Crippen LogP contribution < -0.4 is 16.0 Å². The average molecular weight is 468 g/mol. The van der Waals surface area contributed by atoms with Gasteiger partial charge in [0.1, 0.15) is 22.7 Å². The highest BCUT2D eigenvalue weighted by Gasteiger charge is 2.27. The number of nitrogens with one attached hydrogen (secondary N) is 3. The number of hydrogen-bond donors (Lipinski definition) is 3. The summed E-state index contributed by atoms with van der Waals surface area (Å²) in [5.74, 6) is -2.41. The number of aromatic nitrogens is 2. The monoisotopic (exact) mass is 467 g/mol. The molecular formula is C22H31F2N5O2S. The second kappa shape index (κ2) is 12.0. The summed E-state index contributed by atoms with van der Waals surface area (Å²) in [5, 5.41) is 18.2. The Morgan fingerprint density at radius 3 is 2.44 bits per heavy atom. The van der Waals surface area contributed by atoms with Crippen LogP contribution in [0.25, 0.3) is 0 Å². The first-order chi connectivity index (χ1) is 15.1. The van der Waals surface area contributed by atoms with Gasteiger partial charge in [0, 0.05) is 11.5 Å². The summed E-state index contributed by atoms with van der Waals surface area (Å²) in [4.78, 5) is 25.1. The van der Waals surface area contributed by atoms with Crippen molar-refractivity contribution in [3.8, 4) is 0 Å². The first-order valence-electron chi connectivity index (χ1n) is 10.7. The first-order valence-corrected chi connectivity index (χ1v) is 11.6. The van der Waals surface area contributed by atoms with Gasteiger partial charge in [-0.15, -0.1) is 10.2 Å². The van der Waals surface area contributed by atoms with E-state index in [2.05, 4.69) is 40.0 Å². The standard InChI is InChI=1S/C22H31F2N5O2S/c1-5-7-17(26-18(30)12-14-10-15(23)13-16(24)11-14)19(31)27-21-29-28-20(32-21)22(3,4)8-9-25-6-2/h10-11,13,17,25H,5-9,12H2,1-4H3,(H,26,30)(H,27,29,31). The van der Waals surface area contributed by atoms with Crippen LogP contribution in [-0.4, -0.2) is 41.1 Å². The number of anilines is 1. The molecule has 0 radical (unpaired) electrons. The highest BCUT2D eigenvalue weighted by atomic mass is 32.1. The molecule has 0 bridgehead atoms. The maximum atomic E-state index is 13.4. The summed E-state index contributed by atoms with van der Waals surface area (Å²) in [6.45, 7) is 9.84. The Morgan fingerprint density at radius 1 is 1.12 bits per heavy atom. The second-order valence-electron chi connectivity index (χ2n) is 8.25. The van der Waals surface area contributed by atoms with E-state index < -0.39 is 29.5 Å². The van der Waals surface area contributed by atoms with Crippen LogP contribution in [0, 0.1) is 11.6 Å². The first kappa shape index (κ1) is 25.8. The molecule has 0 aliphatic heterocycles. The zero-order valence-corrected chi connectivity index (χ0v) is 19.7. The van der Waals surface area contributed by atoms with Crippen LogP contribution in [0.2, 0.25) is 0 Å². The number of halogens is 2. The van der Waals surface area contributed by atoms with Crippen LogP contribution in [0.3, 0.4) is 0 Å². The third-order valence-electron chi connectivity index (χ3n) is 4.93. The zero-order chi connectivity index (χ0) is 23.7. The molecule has 1 heterocycles. The molecule has 1 unspecified atom stereocenters. The predicted molar refractivity (Wildman–Crippen MR) is 122 cm³/mol. The molecule has 3 N–H and O–H groups in total. The number of hydrogen-bond acceptors (Lipinski definition) is 6. The summed E-state index contributed by atoms with van der Waals surface area (Å²) in [6.07, 6.45) is 1.71. The molecular weight excluding hydrogens is 436 g/mol. The number of benzene rings is 1. The lowest BCUT2D eigenvalue weighted by Crippen LogP contribution is -2.44. The largest absolute Gasteiger partial charge is 0.344 e. The van der Waals surface area contributed by atoms with E-state index in [4.69, 9.17) is 0 Å². The summed E-state index contributed by atoms with van der Waals surface area (Å²) >= 11 is 1.31. The summed E-state index contributed by atoms with van der Waals surface area (Å²) in [6, 6.07) is 2.14. The van der Waals surface area contributed by atoms with Crippen molar-refractivity contribution < 1.29 is 18.4 Å². The Balaban J connectivity index is 1.99. The molecule has 2 amide bonds. The number of amides is 2. The van der Waals surface area contributed by atoms with E-state index in [0.717, 1.165) is 42.7 Å². The van der Waals surface area contributed by atoms with Crippen molar-refractivity contribution in [2.75, 3.05) is 18.4 Å². The maximum absolute atomic E-state index is 13.4. The van der Waals surface area contributed by atoms with E-state index in [0.29, 0.717) is 18.0 Å². The molecule has 0 aliphatic carbocycles. The molecule has 1 aromatic heterocycles. The van der Waals surface area contributed by atoms with Gasteiger partial charge in [0.15, 0.2) is 0 Å². The van der Waals surface area contributed by atoms with Crippen molar-refractivity contribution in [1.82, 2.24) is 20.8 Å². The van der Waals surface area contributed by atoms with E-state index in [1.807, 2.05) is 13.8 Å². The minimum atomic E-state index is -0.792. The Kier molecular flexibility index (Phi) is 9.64. The van der Waals surface area contributed by atoms with Crippen LogP contribution in [0.1, 0.15) is 57.5 Å². The third kappa shape index (κ3) is 7.90. The van der Waals surface area contributed by atoms with Crippen molar-refractivity contribution in [3.63, 3.8) is 0 Å². The lowest BCUT2D eigenvalue weighted by atomic mass is 9.90. The quantitative estimate of drug-likeness (QED) is 0.415. The smallest absolute Gasteiger partial charge is 0.248 e. The van der Waals surface area contributed by atoms with E-state index in [1.165, 1.54) is 11.3 Å². The van der Waals surface area contributed by atoms with Crippen molar-refractivity contribution in [3.05, 3.63) is 40.4 Å². The van der Waals surface area contributed by atoms with Gasteiger partial charge in [-0.05, 0) is 43.6 Å². The number of rotatable bonds is 12. The fraction of sp³-hybridized carbons (Fsp3) is 0.545. The molecule has 0 aliphatic rings. The topological polar surface area (TPSA) is 96.0 Å².